The maximum absolute atomic E-state index is 13.7. The lowest BCUT2D eigenvalue weighted by atomic mass is 10.1. The number of rotatable bonds is 8. The van der Waals surface area contributed by atoms with Gasteiger partial charge in [0, 0.05) is 19.7 Å². The van der Waals surface area contributed by atoms with Gasteiger partial charge in [0.2, 0.25) is 15.9 Å². The highest BCUT2D eigenvalue weighted by Gasteiger charge is 2.31. The summed E-state index contributed by atoms with van der Waals surface area (Å²) in [5.74, 6) is -1.83. The molecule has 0 aliphatic carbocycles. The number of benzene rings is 2. The average molecular weight is 442 g/mol. The van der Waals surface area contributed by atoms with Gasteiger partial charge >= 0.3 is 0 Å². The summed E-state index contributed by atoms with van der Waals surface area (Å²) < 4.78 is 62.8. The third kappa shape index (κ3) is 5.18. The SMILES string of the molecule is COc1ccc(CN(C)C(=O)[C@H](C)N(c2ccc(F)c(F)c2)S(C)(=O)=O)cc1OC. The predicted octanol–water partition coefficient (Wildman–Crippen LogP) is 2.80. The fourth-order valence-electron chi connectivity index (χ4n) is 3.07. The van der Waals surface area contributed by atoms with Gasteiger partial charge in [0.25, 0.3) is 0 Å². The van der Waals surface area contributed by atoms with Crippen molar-refractivity contribution in [3.05, 3.63) is 53.6 Å². The molecule has 0 radical (unpaired) electrons. The van der Waals surface area contributed by atoms with E-state index in [-0.39, 0.29) is 12.2 Å². The Bertz CT molecular complexity index is 1030. The normalized spacial score (nSPS) is 12.2. The number of nitrogens with zero attached hydrogens (tertiary/aromatic N) is 2. The van der Waals surface area contributed by atoms with E-state index in [2.05, 4.69) is 0 Å². The van der Waals surface area contributed by atoms with Gasteiger partial charge in [0.1, 0.15) is 6.04 Å². The molecule has 1 atom stereocenters. The molecule has 0 aliphatic heterocycles. The average Bonchev–Trinajstić information content (AvgIpc) is 2.68. The molecule has 30 heavy (non-hydrogen) atoms. The van der Waals surface area contributed by atoms with Crippen molar-refractivity contribution in [1.29, 1.82) is 0 Å². The summed E-state index contributed by atoms with van der Waals surface area (Å²) in [6.07, 6.45) is 0.895. The van der Waals surface area contributed by atoms with Crippen LogP contribution in [0.4, 0.5) is 14.5 Å². The number of amides is 1. The summed E-state index contributed by atoms with van der Waals surface area (Å²) in [5.41, 5.74) is 0.589. The number of hydrogen-bond donors (Lipinski definition) is 0. The highest BCUT2D eigenvalue weighted by molar-refractivity contribution is 7.92. The Kier molecular flexibility index (Phi) is 7.25. The molecule has 2 aromatic carbocycles. The zero-order valence-electron chi connectivity index (χ0n) is 17.3. The van der Waals surface area contributed by atoms with E-state index < -0.39 is 33.6 Å². The van der Waals surface area contributed by atoms with Crippen LogP contribution in [0.25, 0.3) is 0 Å². The van der Waals surface area contributed by atoms with Gasteiger partial charge in [-0.25, -0.2) is 17.2 Å². The lowest BCUT2D eigenvalue weighted by Crippen LogP contribution is -2.48. The van der Waals surface area contributed by atoms with E-state index in [1.807, 2.05) is 0 Å². The van der Waals surface area contributed by atoms with E-state index >= 15 is 0 Å². The van der Waals surface area contributed by atoms with Gasteiger partial charge in [-0.05, 0) is 36.8 Å². The van der Waals surface area contributed by atoms with E-state index in [4.69, 9.17) is 9.47 Å². The molecule has 0 aliphatic rings. The fraction of sp³-hybridized carbons (Fsp3) is 0.350. The molecular formula is C20H24F2N2O5S. The number of likely N-dealkylation sites (N-methyl/N-ethyl adjacent to an activating group) is 1. The molecule has 164 valence electrons. The molecule has 7 nitrogen and oxygen atoms in total. The van der Waals surface area contributed by atoms with Gasteiger partial charge < -0.3 is 14.4 Å². The molecule has 0 saturated carbocycles. The van der Waals surface area contributed by atoms with Crippen molar-refractivity contribution in [1.82, 2.24) is 4.90 Å². The maximum atomic E-state index is 13.7. The van der Waals surface area contributed by atoms with E-state index in [0.717, 1.165) is 34.3 Å². The van der Waals surface area contributed by atoms with Gasteiger partial charge in [-0.3, -0.25) is 9.10 Å². The van der Waals surface area contributed by atoms with Gasteiger partial charge in [-0.1, -0.05) is 6.07 Å². The Labute approximate surface area is 174 Å². The first-order valence-corrected chi connectivity index (χ1v) is 10.7. The van der Waals surface area contributed by atoms with Crippen LogP contribution in [0.2, 0.25) is 0 Å². The standard InChI is InChI=1S/C20H24F2N2O5S/c1-13(24(30(5,26)27)15-7-8-16(21)17(22)11-15)20(25)23(2)12-14-6-9-18(28-3)19(10-14)29-4/h6-11,13H,12H2,1-5H3/t13-/m0/s1. The summed E-state index contributed by atoms with van der Waals surface area (Å²) in [5, 5.41) is 0. The lowest BCUT2D eigenvalue weighted by molar-refractivity contribution is -0.131. The lowest BCUT2D eigenvalue weighted by Gasteiger charge is -2.31. The van der Waals surface area contributed by atoms with Crippen LogP contribution < -0.4 is 13.8 Å². The Morgan fingerprint density at radius 1 is 1.03 bits per heavy atom. The van der Waals surface area contributed by atoms with E-state index in [9.17, 15) is 22.0 Å². The van der Waals surface area contributed by atoms with Crippen LogP contribution in [0.5, 0.6) is 11.5 Å². The van der Waals surface area contributed by atoms with Crippen molar-refractivity contribution < 1.29 is 31.5 Å². The summed E-state index contributed by atoms with van der Waals surface area (Å²) in [7, 11) is 0.555. The van der Waals surface area contributed by atoms with Crippen LogP contribution in [-0.2, 0) is 21.4 Å². The molecule has 0 N–H and O–H groups in total. The topological polar surface area (TPSA) is 76.2 Å². The highest BCUT2D eigenvalue weighted by atomic mass is 32.2. The van der Waals surface area contributed by atoms with Crippen molar-refractivity contribution in [2.45, 2.75) is 19.5 Å². The van der Waals surface area contributed by atoms with Gasteiger partial charge in [-0.2, -0.15) is 0 Å². The summed E-state index contributed by atoms with van der Waals surface area (Å²) in [4.78, 5) is 14.3. The number of ether oxygens (including phenoxy) is 2. The molecule has 2 aromatic rings. The molecule has 1 amide bonds. The number of halogens is 2. The highest BCUT2D eigenvalue weighted by Crippen LogP contribution is 2.28. The second-order valence-corrected chi connectivity index (χ2v) is 8.58. The fourth-order valence-corrected chi connectivity index (χ4v) is 4.24. The number of methoxy groups -OCH3 is 2. The Balaban J connectivity index is 2.29. The van der Waals surface area contributed by atoms with Crippen molar-refractivity contribution in [3.8, 4) is 11.5 Å². The zero-order chi connectivity index (χ0) is 22.6. The van der Waals surface area contributed by atoms with E-state index in [0.29, 0.717) is 11.5 Å². The van der Waals surface area contributed by atoms with Crippen molar-refractivity contribution >= 4 is 21.6 Å². The van der Waals surface area contributed by atoms with Crippen molar-refractivity contribution in [2.75, 3.05) is 31.8 Å². The third-order valence-electron chi connectivity index (χ3n) is 4.47. The van der Waals surface area contributed by atoms with Crippen molar-refractivity contribution in [2.24, 2.45) is 0 Å². The van der Waals surface area contributed by atoms with Crippen LogP contribution in [0.1, 0.15) is 12.5 Å². The largest absolute Gasteiger partial charge is 0.493 e. The second kappa shape index (κ2) is 9.29. The predicted molar refractivity (Wildman–Crippen MR) is 109 cm³/mol. The number of anilines is 1. The molecule has 0 unspecified atom stereocenters. The minimum atomic E-state index is -3.96. The maximum Gasteiger partial charge on any atom is 0.246 e. The zero-order valence-corrected chi connectivity index (χ0v) is 18.2. The van der Waals surface area contributed by atoms with Gasteiger partial charge in [0.05, 0.1) is 26.2 Å². The van der Waals surface area contributed by atoms with Crippen LogP contribution in [0.15, 0.2) is 36.4 Å². The minimum Gasteiger partial charge on any atom is -0.493 e. The Hall–Kier alpha value is -2.88. The third-order valence-corrected chi connectivity index (χ3v) is 5.71. The van der Waals surface area contributed by atoms with Crippen LogP contribution in [0.3, 0.4) is 0 Å². The second-order valence-electron chi connectivity index (χ2n) is 6.72. The molecule has 0 aromatic heterocycles. The Morgan fingerprint density at radius 3 is 2.20 bits per heavy atom. The van der Waals surface area contributed by atoms with Crippen molar-refractivity contribution in [3.63, 3.8) is 0 Å². The summed E-state index contributed by atoms with van der Waals surface area (Å²) >= 11 is 0. The molecular weight excluding hydrogens is 418 g/mol. The van der Waals surface area contributed by atoms with E-state index in [1.54, 1.807) is 18.2 Å². The smallest absolute Gasteiger partial charge is 0.246 e. The molecule has 0 bridgehead atoms. The van der Waals surface area contributed by atoms with E-state index in [1.165, 1.54) is 33.1 Å². The number of carbonyl (C=O) groups is 1. The molecule has 0 saturated heterocycles. The number of sulfonamides is 1. The number of carbonyl (C=O) groups excluding carboxylic acids is 1. The number of hydrogen-bond acceptors (Lipinski definition) is 5. The molecule has 10 heteroatoms. The van der Waals surface area contributed by atoms with Gasteiger partial charge in [0.15, 0.2) is 23.1 Å². The first-order chi connectivity index (χ1) is 14.0. The first kappa shape index (κ1) is 23.4. The molecule has 2 rings (SSSR count). The monoisotopic (exact) mass is 442 g/mol. The van der Waals surface area contributed by atoms with Crippen LogP contribution >= 0.6 is 0 Å². The summed E-state index contributed by atoms with van der Waals surface area (Å²) in [6, 6.07) is 6.63. The molecule has 0 heterocycles. The molecule has 0 spiro atoms. The van der Waals surface area contributed by atoms with Crippen LogP contribution in [0, 0.1) is 11.6 Å². The summed E-state index contributed by atoms with van der Waals surface area (Å²) in [6.45, 7) is 1.55. The Morgan fingerprint density at radius 2 is 1.67 bits per heavy atom. The van der Waals surface area contributed by atoms with Gasteiger partial charge in [-0.15, -0.1) is 0 Å². The quantitative estimate of drug-likeness (QED) is 0.629. The molecule has 0 fully saturated rings. The van der Waals surface area contributed by atoms with Crippen LogP contribution in [-0.4, -0.2) is 52.8 Å². The minimum absolute atomic E-state index is 0.142. The first-order valence-electron chi connectivity index (χ1n) is 8.90.